The normalized spacial score (nSPS) is 20.0. The molecule has 0 saturated carbocycles. The molecule has 2 saturated heterocycles. The summed E-state index contributed by atoms with van der Waals surface area (Å²) in [5, 5.41) is 3.42. The predicted molar refractivity (Wildman–Crippen MR) is 96.6 cm³/mol. The Bertz CT molecular complexity index is 717. The molecular formula is C17H25ClN2O3S. The minimum Gasteiger partial charge on any atom is -0.339 e. The van der Waals surface area contributed by atoms with E-state index in [1.165, 1.54) is 18.7 Å². The number of hydrogen-bond acceptors (Lipinski definition) is 4. The maximum Gasteiger partial charge on any atom is 0.254 e. The van der Waals surface area contributed by atoms with E-state index >= 15 is 0 Å². The molecule has 2 fully saturated rings. The number of carbonyl (C=O) groups excluding carboxylic acids is 1. The van der Waals surface area contributed by atoms with Gasteiger partial charge in [-0.15, -0.1) is 12.4 Å². The first kappa shape index (κ1) is 19.2. The number of amides is 1. The van der Waals surface area contributed by atoms with Crippen LogP contribution >= 0.6 is 12.4 Å². The second-order valence-electron chi connectivity index (χ2n) is 6.97. The maximum atomic E-state index is 12.8. The second kappa shape index (κ2) is 7.02. The lowest BCUT2D eigenvalue weighted by molar-refractivity contribution is 0.0606. The Morgan fingerprint density at radius 2 is 1.88 bits per heavy atom. The first-order valence-corrected chi connectivity index (χ1v) is 10.0. The maximum absolute atomic E-state index is 12.8. The van der Waals surface area contributed by atoms with Crippen LogP contribution in [0.5, 0.6) is 0 Å². The van der Waals surface area contributed by atoms with Crippen LogP contribution in [0, 0.1) is 12.3 Å². The molecule has 1 spiro atoms. The molecule has 0 radical (unpaired) electrons. The van der Waals surface area contributed by atoms with Crippen molar-refractivity contribution in [1.29, 1.82) is 0 Å². The Morgan fingerprint density at radius 1 is 1.21 bits per heavy atom. The second-order valence-corrected chi connectivity index (χ2v) is 8.98. The van der Waals surface area contributed by atoms with E-state index in [0.717, 1.165) is 44.6 Å². The van der Waals surface area contributed by atoms with Gasteiger partial charge in [-0.05, 0) is 55.8 Å². The summed E-state index contributed by atoms with van der Waals surface area (Å²) in [7, 11) is -3.30. The fourth-order valence-corrected chi connectivity index (χ4v) is 4.29. The molecule has 0 aliphatic carbocycles. The average Bonchev–Trinajstić information content (AvgIpc) is 2.95. The fourth-order valence-electron chi connectivity index (χ4n) is 3.64. The third kappa shape index (κ3) is 3.76. The molecule has 1 amide bonds. The highest BCUT2D eigenvalue weighted by Crippen LogP contribution is 2.37. The van der Waals surface area contributed by atoms with E-state index in [9.17, 15) is 13.2 Å². The lowest BCUT2D eigenvalue weighted by Gasteiger charge is -2.39. The molecule has 2 aliphatic heterocycles. The number of carbonyl (C=O) groups is 1. The Kier molecular flexibility index (Phi) is 5.62. The number of rotatable bonds is 2. The highest BCUT2D eigenvalue weighted by atomic mass is 35.5. The van der Waals surface area contributed by atoms with Gasteiger partial charge in [0.15, 0.2) is 9.84 Å². The van der Waals surface area contributed by atoms with Gasteiger partial charge in [0.05, 0.1) is 4.90 Å². The lowest BCUT2D eigenvalue weighted by atomic mass is 9.77. The minimum atomic E-state index is -3.30. The summed E-state index contributed by atoms with van der Waals surface area (Å²) >= 11 is 0. The molecule has 0 bridgehead atoms. The van der Waals surface area contributed by atoms with Crippen molar-refractivity contribution in [2.24, 2.45) is 5.41 Å². The summed E-state index contributed by atoms with van der Waals surface area (Å²) in [6, 6.07) is 4.81. The fraction of sp³-hybridized carbons (Fsp3) is 0.588. The first-order valence-electron chi connectivity index (χ1n) is 8.12. The molecular weight excluding hydrogens is 348 g/mol. The average molecular weight is 373 g/mol. The zero-order chi connectivity index (χ0) is 16.7. The van der Waals surface area contributed by atoms with Gasteiger partial charge in [-0.3, -0.25) is 4.79 Å². The Labute approximate surface area is 150 Å². The SMILES string of the molecule is Cc1ccc(S(C)(=O)=O)cc1C(=O)N1CCC2(CCNC2)CC1.Cl. The van der Waals surface area contributed by atoms with E-state index < -0.39 is 9.84 Å². The van der Waals surface area contributed by atoms with Crippen molar-refractivity contribution in [3.8, 4) is 0 Å². The molecule has 1 aromatic rings. The third-order valence-corrected chi connectivity index (χ3v) is 6.42. The standard InChI is InChI=1S/C17H24N2O3S.ClH/c1-13-3-4-14(23(2,21)22)11-15(13)16(20)19-9-6-17(7-10-19)5-8-18-12-17;/h3-4,11,18H,5-10,12H2,1-2H3;1H. The van der Waals surface area contributed by atoms with E-state index in [4.69, 9.17) is 0 Å². The summed E-state index contributed by atoms with van der Waals surface area (Å²) in [4.78, 5) is 14.9. The number of sulfone groups is 1. The highest BCUT2D eigenvalue weighted by Gasteiger charge is 2.38. The number of benzene rings is 1. The summed E-state index contributed by atoms with van der Waals surface area (Å²) in [6.07, 6.45) is 4.41. The van der Waals surface area contributed by atoms with Gasteiger partial charge in [-0.25, -0.2) is 8.42 Å². The van der Waals surface area contributed by atoms with Crippen LogP contribution in [0.2, 0.25) is 0 Å². The van der Waals surface area contributed by atoms with Gasteiger partial charge in [-0.2, -0.15) is 0 Å². The zero-order valence-corrected chi connectivity index (χ0v) is 15.8. The molecule has 2 heterocycles. The summed E-state index contributed by atoms with van der Waals surface area (Å²) in [5.74, 6) is -0.0474. The number of hydrogen-bond donors (Lipinski definition) is 1. The Morgan fingerprint density at radius 3 is 2.42 bits per heavy atom. The molecule has 2 aliphatic rings. The van der Waals surface area contributed by atoms with Crippen molar-refractivity contribution in [2.75, 3.05) is 32.4 Å². The van der Waals surface area contributed by atoms with Gasteiger partial charge < -0.3 is 10.2 Å². The number of nitrogens with zero attached hydrogens (tertiary/aromatic N) is 1. The molecule has 0 unspecified atom stereocenters. The van der Waals surface area contributed by atoms with Crippen molar-refractivity contribution in [1.82, 2.24) is 10.2 Å². The van der Waals surface area contributed by atoms with Gasteiger partial charge in [0, 0.05) is 31.5 Å². The van der Waals surface area contributed by atoms with Crippen LogP contribution in [0.25, 0.3) is 0 Å². The van der Waals surface area contributed by atoms with Crippen molar-refractivity contribution in [3.63, 3.8) is 0 Å². The quantitative estimate of drug-likeness (QED) is 0.862. The zero-order valence-electron chi connectivity index (χ0n) is 14.2. The van der Waals surface area contributed by atoms with E-state index in [1.54, 1.807) is 12.1 Å². The van der Waals surface area contributed by atoms with Gasteiger partial charge in [0.2, 0.25) is 0 Å². The lowest BCUT2D eigenvalue weighted by Crippen LogP contribution is -2.44. The number of aryl methyl sites for hydroxylation is 1. The third-order valence-electron chi connectivity index (χ3n) is 5.31. The molecule has 0 aromatic heterocycles. The van der Waals surface area contributed by atoms with Crippen molar-refractivity contribution in [2.45, 2.75) is 31.1 Å². The van der Waals surface area contributed by atoms with Crippen LogP contribution in [0.4, 0.5) is 0 Å². The highest BCUT2D eigenvalue weighted by molar-refractivity contribution is 7.90. The van der Waals surface area contributed by atoms with Crippen LogP contribution in [0.15, 0.2) is 23.1 Å². The Balaban J connectivity index is 0.00000208. The van der Waals surface area contributed by atoms with Crippen molar-refractivity contribution >= 4 is 28.2 Å². The molecule has 5 nitrogen and oxygen atoms in total. The van der Waals surface area contributed by atoms with Crippen molar-refractivity contribution < 1.29 is 13.2 Å². The van der Waals surface area contributed by atoms with Crippen molar-refractivity contribution in [3.05, 3.63) is 29.3 Å². The molecule has 7 heteroatoms. The van der Waals surface area contributed by atoms with Crippen LogP contribution in [-0.2, 0) is 9.84 Å². The van der Waals surface area contributed by atoms with E-state index in [1.807, 2.05) is 11.8 Å². The van der Waals surface area contributed by atoms with Gasteiger partial charge in [0.25, 0.3) is 5.91 Å². The molecule has 1 aromatic carbocycles. The predicted octanol–water partition coefficient (Wildman–Crippen LogP) is 2.04. The topological polar surface area (TPSA) is 66.5 Å². The number of piperidine rings is 1. The molecule has 134 valence electrons. The monoisotopic (exact) mass is 372 g/mol. The van der Waals surface area contributed by atoms with Crippen LogP contribution in [-0.4, -0.2) is 51.7 Å². The smallest absolute Gasteiger partial charge is 0.254 e. The van der Waals surface area contributed by atoms with E-state index in [2.05, 4.69) is 5.32 Å². The summed E-state index contributed by atoms with van der Waals surface area (Å²) < 4.78 is 23.5. The number of halogens is 1. The van der Waals surface area contributed by atoms with Crippen LogP contribution in [0.3, 0.4) is 0 Å². The van der Waals surface area contributed by atoms with E-state index in [0.29, 0.717) is 11.0 Å². The van der Waals surface area contributed by atoms with E-state index in [-0.39, 0.29) is 23.2 Å². The van der Waals surface area contributed by atoms with Gasteiger partial charge in [0.1, 0.15) is 0 Å². The summed E-state index contributed by atoms with van der Waals surface area (Å²) in [5.41, 5.74) is 1.69. The van der Waals surface area contributed by atoms with Crippen LogP contribution in [0.1, 0.15) is 35.2 Å². The Hall–Kier alpha value is -1.11. The van der Waals surface area contributed by atoms with Gasteiger partial charge >= 0.3 is 0 Å². The first-order chi connectivity index (χ1) is 10.8. The number of nitrogens with one attached hydrogen (secondary N) is 1. The van der Waals surface area contributed by atoms with Gasteiger partial charge in [-0.1, -0.05) is 6.07 Å². The molecule has 0 atom stereocenters. The molecule has 3 rings (SSSR count). The largest absolute Gasteiger partial charge is 0.339 e. The minimum absolute atomic E-state index is 0. The van der Waals surface area contributed by atoms with Crippen LogP contribution < -0.4 is 5.32 Å². The molecule has 1 N–H and O–H groups in total. The summed E-state index contributed by atoms with van der Waals surface area (Å²) in [6.45, 7) is 5.48. The molecule has 24 heavy (non-hydrogen) atoms. The number of likely N-dealkylation sites (tertiary alicyclic amines) is 1.